The van der Waals surface area contributed by atoms with Crippen LogP contribution in [-0.4, -0.2) is 16.2 Å². The van der Waals surface area contributed by atoms with Gasteiger partial charge in [0.15, 0.2) is 0 Å². The van der Waals surface area contributed by atoms with Crippen LogP contribution in [-0.2, 0) is 4.79 Å². The zero-order chi connectivity index (χ0) is 15.6. The molecule has 0 aliphatic heterocycles. The Morgan fingerprint density at radius 2 is 1.95 bits per heavy atom. The van der Waals surface area contributed by atoms with E-state index in [0.717, 1.165) is 0 Å². The van der Waals surface area contributed by atoms with Crippen LogP contribution in [0, 0.1) is 12.7 Å². The van der Waals surface area contributed by atoms with E-state index in [-0.39, 0.29) is 21.9 Å². The second-order valence-electron chi connectivity index (χ2n) is 4.54. The topological polar surface area (TPSA) is 57.5 Å². The molecule has 2 aromatic carbocycles. The van der Waals surface area contributed by atoms with E-state index in [1.54, 1.807) is 13.0 Å². The fourth-order valence-corrected chi connectivity index (χ4v) is 2.00. The van der Waals surface area contributed by atoms with Crippen molar-refractivity contribution in [3.05, 3.63) is 63.9 Å². The molecule has 0 saturated carbocycles. The molecule has 0 atom stereocenters. The minimum Gasteiger partial charge on any atom is -0.506 e. The van der Waals surface area contributed by atoms with Crippen LogP contribution in [0.4, 0.5) is 4.39 Å². The van der Waals surface area contributed by atoms with Gasteiger partial charge in [-0.25, -0.2) is 9.18 Å². The van der Waals surface area contributed by atoms with E-state index < -0.39 is 11.8 Å². The Kier molecular flexibility index (Phi) is 4.29. The predicted octanol–water partition coefficient (Wildman–Crippen LogP) is 4.12. The third-order valence-electron chi connectivity index (χ3n) is 3.00. The van der Waals surface area contributed by atoms with Gasteiger partial charge < -0.3 is 10.2 Å². The molecule has 0 radical (unpaired) electrons. The molecule has 0 amide bonds. The summed E-state index contributed by atoms with van der Waals surface area (Å²) < 4.78 is 13.6. The molecular weight excluding hydrogens is 295 g/mol. The summed E-state index contributed by atoms with van der Waals surface area (Å²) in [7, 11) is 0. The fraction of sp³-hybridized carbons (Fsp3) is 0.0625. The van der Waals surface area contributed by atoms with Crippen molar-refractivity contribution < 1.29 is 19.4 Å². The SMILES string of the molecule is Cc1ccc(/C(=C/c2ccc(O)c(Cl)c2)C(=O)O)cc1F. The zero-order valence-electron chi connectivity index (χ0n) is 11.1. The highest BCUT2D eigenvalue weighted by molar-refractivity contribution is 6.32. The number of rotatable bonds is 3. The average molecular weight is 307 g/mol. The number of hydrogen-bond acceptors (Lipinski definition) is 2. The molecule has 2 rings (SSSR count). The number of aliphatic carboxylic acids is 1. The Balaban J connectivity index is 2.51. The molecule has 0 unspecified atom stereocenters. The van der Waals surface area contributed by atoms with Crippen molar-refractivity contribution in [3.8, 4) is 5.75 Å². The first kappa shape index (κ1) is 15.1. The zero-order valence-corrected chi connectivity index (χ0v) is 11.9. The van der Waals surface area contributed by atoms with Gasteiger partial charge in [-0.15, -0.1) is 0 Å². The van der Waals surface area contributed by atoms with Gasteiger partial charge in [-0.1, -0.05) is 29.8 Å². The summed E-state index contributed by atoms with van der Waals surface area (Å²) in [6, 6.07) is 8.56. The van der Waals surface area contributed by atoms with Gasteiger partial charge in [-0.3, -0.25) is 0 Å². The van der Waals surface area contributed by atoms with E-state index in [1.165, 1.54) is 36.4 Å². The third-order valence-corrected chi connectivity index (χ3v) is 3.30. The fourth-order valence-electron chi connectivity index (χ4n) is 1.81. The van der Waals surface area contributed by atoms with E-state index >= 15 is 0 Å². The van der Waals surface area contributed by atoms with Gasteiger partial charge in [0, 0.05) is 0 Å². The van der Waals surface area contributed by atoms with Crippen LogP contribution >= 0.6 is 11.6 Å². The van der Waals surface area contributed by atoms with Crippen molar-refractivity contribution >= 4 is 29.2 Å². The number of carboxylic acids is 1. The molecule has 0 aromatic heterocycles. The molecule has 0 aliphatic carbocycles. The number of carbonyl (C=O) groups is 1. The number of carboxylic acid groups (broad SMARTS) is 1. The number of hydrogen-bond donors (Lipinski definition) is 2. The number of phenolic OH excluding ortho intramolecular Hbond substituents is 1. The van der Waals surface area contributed by atoms with Gasteiger partial charge in [0.2, 0.25) is 0 Å². The van der Waals surface area contributed by atoms with Crippen LogP contribution in [0.25, 0.3) is 11.6 Å². The van der Waals surface area contributed by atoms with Gasteiger partial charge >= 0.3 is 5.97 Å². The first-order valence-electron chi connectivity index (χ1n) is 6.08. The molecule has 0 saturated heterocycles. The quantitative estimate of drug-likeness (QED) is 0.662. The number of benzene rings is 2. The smallest absolute Gasteiger partial charge is 0.336 e. The molecule has 0 aliphatic rings. The van der Waals surface area contributed by atoms with Gasteiger partial charge in [-0.05, 0) is 47.9 Å². The molecule has 108 valence electrons. The molecule has 0 spiro atoms. The second-order valence-corrected chi connectivity index (χ2v) is 4.95. The molecule has 2 N–H and O–H groups in total. The first-order chi connectivity index (χ1) is 9.88. The van der Waals surface area contributed by atoms with Crippen molar-refractivity contribution in [1.82, 2.24) is 0 Å². The highest BCUT2D eigenvalue weighted by atomic mass is 35.5. The predicted molar refractivity (Wildman–Crippen MR) is 79.8 cm³/mol. The third kappa shape index (κ3) is 3.41. The van der Waals surface area contributed by atoms with Crippen LogP contribution < -0.4 is 0 Å². The van der Waals surface area contributed by atoms with Crippen molar-refractivity contribution in [3.63, 3.8) is 0 Å². The van der Waals surface area contributed by atoms with Crippen LogP contribution in [0.3, 0.4) is 0 Å². The highest BCUT2D eigenvalue weighted by Crippen LogP contribution is 2.27. The van der Waals surface area contributed by atoms with Crippen LogP contribution in [0.15, 0.2) is 36.4 Å². The Morgan fingerprint density at radius 1 is 1.24 bits per heavy atom. The number of aryl methyl sites for hydroxylation is 1. The lowest BCUT2D eigenvalue weighted by Gasteiger charge is -2.06. The lowest BCUT2D eigenvalue weighted by atomic mass is 10.0. The summed E-state index contributed by atoms with van der Waals surface area (Å²) in [4.78, 5) is 11.4. The molecule has 21 heavy (non-hydrogen) atoms. The van der Waals surface area contributed by atoms with Crippen molar-refractivity contribution in [2.24, 2.45) is 0 Å². The Morgan fingerprint density at radius 3 is 2.52 bits per heavy atom. The maximum absolute atomic E-state index is 13.6. The van der Waals surface area contributed by atoms with Crippen molar-refractivity contribution in [1.29, 1.82) is 0 Å². The van der Waals surface area contributed by atoms with Crippen LogP contribution in [0.1, 0.15) is 16.7 Å². The van der Waals surface area contributed by atoms with Gasteiger partial charge in [0.05, 0.1) is 10.6 Å². The number of phenols is 1. The highest BCUT2D eigenvalue weighted by Gasteiger charge is 2.12. The van der Waals surface area contributed by atoms with E-state index in [1.807, 2.05) is 0 Å². The minimum atomic E-state index is -1.18. The summed E-state index contributed by atoms with van der Waals surface area (Å²) >= 11 is 5.78. The van der Waals surface area contributed by atoms with E-state index in [9.17, 15) is 19.4 Å². The summed E-state index contributed by atoms with van der Waals surface area (Å²) in [5.74, 6) is -1.74. The Labute approximate surface area is 125 Å². The summed E-state index contributed by atoms with van der Waals surface area (Å²) in [5.41, 5.74) is 1.14. The second kappa shape index (κ2) is 5.97. The number of halogens is 2. The maximum Gasteiger partial charge on any atom is 0.336 e. The molecule has 0 fully saturated rings. The maximum atomic E-state index is 13.6. The molecule has 2 aromatic rings. The molecule has 3 nitrogen and oxygen atoms in total. The molecule has 5 heteroatoms. The standard InChI is InChI=1S/C16H12ClFO3/c1-9-2-4-11(8-14(9)18)12(16(20)21)6-10-3-5-15(19)13(17)7-10/h2-8,19H,1H3,(H,20,21)/b12-6-. The van der Waals surface area contributed by atoms with Crippen molar-refractivity contribution in [2.45, 2.75) is 6.92 Å². The summed E-state index contributed by atoms with van der Waals surface area (Å²) in [5, 5.41) is 18.8. The minimum absolute atomic E-state index is 0.0596. The monoisotopic (exact) mass is 306 g/mol. The Bertz CT molecular complexity index is 738. The van der Waals surface area contributed by atoms with E-state index in [4.69, 9.17) is 11.6 Å². The van der Waals surface area contributed by atoms with E-state index in [2.05, 4.69) is 0 Å². The van der Waals surface area contributed by atoms with Gasteiger partial charge in [-0.2, -0.15) is 0 Å². The van der Waals surface area contributed by atoms with E-state index in [0.29, 0.717) is 11.1 Å². The summed E-state index contributed by atoms with van der Waals surface area (Å²) in [6.45, 7) is 1.60. The molecule has 0 heterocycles. The van der Waals surface area contributed by atoms with Gasteiger partial charge in [0.1, 0.15) is 11.6 Å². The normalized spacial score (nSPS) is 11.5. The van der Waals surface area contributed by atoms with Gasteiger partial charge in [0.25, 0.3) is 0 Å². The Hall–Kier alpha value is -2.33. The number of aromatic hydroxyl groups is 1. The summed E-state index contributed by atoms with van der Waals surface area (Å²) in [6.07, 6.45) is 1.37. The van der Waals surface area contributed by atoms with Crippen LogP contribution in [0.2, 0.25) is 5.02 Å². The average Bonchev–Trinajstić information content (AvgIpc) is 2.43. The molecule has 0 bridgehead atoms. The molecular formula is C16H12ClFO3. The van der Waals surface area contributed by atoms with Crippen LogP contribution in [0.5, 0.6) is 5.75 Å². The lowest BCUT2D eigenvalue weighted by molar-refractivity contribution is -0.130. The lowest BCUT2D eigenvalue weighted by Crippen LogP contribution is -2.00. The largest absolute Gasteiger partial charge is 0.506 e. The first-order valence-corrected chi connectivity index (χ1v) is 6.46. The van der Waals surface area contributed by atoms with Crippen molar-refractivity contribution in [2.75, 3.05) is 0 Å².